The Bertz CT molecular complexity index is 818. The Kier molecular flexibility index (Phi) is 6.11. The first-order valence-electron chi connectivity index (χ1n) is 10.7. The lowest BCUT2D eigenvalue weighted by molar-refractivity contribution is -0.144. The topological polar surface area (TPSA) is 94.2 Å². The number of esters is 1. The first kappa shape index (κ1) is 20.5. The zero-order valence-electron chi connectivity index (χ0n) is 17.2. The monoisotopic (exact) mass is 416 g/mol. The van der Waals surface area contributed by atoms with Crippen LogP contribution in [0, 0.1) is 11.8 Å². The summed E-state index contributed by atoms with van der Waals surface area (Å²) in [6, 6.07) is 5.93. The van der Waals surface area contributed by atoms with E-state index < -0.39 is 5.97 Å². The number of nitrogens with zero attached hydrogens (tertiary/aromatic N) is 1. The van der Waals surface area contributed by atoms with E-state index in [2.05, 4.69) is 5.32 Å². The minimum atomic E-state index is -0.433. The highest BCUT2D eigenvalue weighted by Crippen LogP contribution is 2.50. The van der Waals surface area contributed by atoms with Crippen molar-refractivity contribution < 1.29 is 28.6 Å². The van der Waals surface area contributed by atoms with E-state index in [9.17, 15) is 14.4 Å². The number of ether oxygens (including phenoxy) is 3. The van der Waals surface area contributed by atoms with Crippen molar-refractivity contribution in [2.75, 3.05) is 39.5 Å². The smallest absolute Gasteiger partial charge is 0.325 e. The van der Waals surface area contributed by atoms with Crippen LogP contribution in [-0.4, -0.2) is 62.1 Å². The van der Waals surface area contributed by atoms with Gasteiger partial charge in [-0.25, -0.2) is 0 Å². The lowest BCUT2D eigenvalue weighted by atomic mass is 9.95. The van der Waals surface area contributed by atoms with Gasteiger partial charge in [0.2, 0.25) is 11.8 Å². The minimum absolute atomic E-state index is 0.00162. The molecule has 1 saturated carbocycles. The van der Waals surface area contributed by atoms with Crippen molar-refractivity contribution in [2.24, 2.45) is 11.8 Å². The molecule has 1 saturated heterocycles. The second kappa shape index (κ2) is 8.93. The molecular weight excluding hydrogens is 388 g/mol. The number of carbonyl (C=O) groups excluding carboxylic acids is 3. The van der Waals surface area contributed by atoms with Gasteiger partial charge in [0.15, 0.2) is 11.5 Å². The van der Waals surface area contributed by atoms with Crippen LogP contribution in [0.5, 0.6) is 11.5 Å². The Balaban J connectivity index is 1.24. The zero-order valence-corrected chi connectivity index (χ0v) is 17.2. The second-order valence-corrected chi connectivity index (χ2v) is 7.97. The molecule has 1 aromatic rings. The molecule has 0 bridgehead atoms. The van der Waals surface area contributed by atoms with Gasteiger partial charge >= 0.3 is 5.97 Å². The van der Waals surface area contributed by atoms with Crippen LogP contribution in [0.25, 0.3) is 0 Å². The number of hydrogen-bond donors (Lipinski definition) is 1. The van der Waals surface area contributed by atoms with Crippen LogP contribution in [-0.2, 0) is 19.1 Å². The molecule has 0 spiro atoms. The molecule has 0 aromatic heterocycles. The molecule has 1 aliphatic carbocycles. The van der Waals surface area contributed by atoms with Gasteiger partial charge in [0.05, 0.1) is 6.61 Å². The average Bonchev–Trinajstić information content (AvgIpc) is 3.58. The van der Waals surface area contributed by atoms with E-state index in [0.29, 0.717) is 45.8 Å². The van der Waals surface area contributed by atoms with Crippen LogP contribution in [0.4, 0.5) is 0 Å². The van der Waals surface area contributed by atoms with E-state index in [0.717, 1.165) is 23.5 Å². The fourth-order valence-electron chi connectivity index (χ4n) is 4.24. The van der Waals surface area contributed by atoms with Gasteiger partial charge in [-0.15, -0.1) is 0 Å². The van der Waals surface area contributed by atoms with Crippen molar-refractivity contribution in [1.29, 1.82) is 0 Å². The van der Waals surface area contributed by atoms with Gasteiger partial charge in [-0.3, -0.25) is 14.4 Å². The predicted molar refractivity (Wildman–Crippen MR) is 107 cm³/mol. The van der Waals surface area contributed by atoms with E-state index >= 15 is 0 Å². The van der Waals surface area contributed by atoms with Gasteiger partial charge in [0, 0.05) is 24.9 Å². The SMILES string of the molecule is CCOC(=O)CNC(=O)C1CCN(C(=O)[C@@H]2C[C@H]2c2ccc3c(c2)OCCO3)CC1. The van der Waals surface area contributed by atoms with Crippen molar-refractivity contribution in [3.8, 4) is 11.5 Å². The molecular formula is C22H28N2O6. The third-order valence-corrected chi connectivity index (χ3v) is 5.99. The van der Waals surface area contributed by atoms with Crippen molar-refractivity contribution in [1.82, 2.24) is 10.2 Å². The number of amides is 2. The molecule has 4 rings (SSSR count). The van der Waals surface area contributed by atoms with E-state index in [4.69, 9.17) is 14.2 Å². The van der Waals surface area contributed by atoms with Crippen molar-refractivity contribution >= 4 is 17.8 Å². The number of hydrogen-bond acceptors (Lipinski definition) is 6. The maximum atomic E-state index is 12.9. The van der Waals surface area contributed by atoms with E-state index in [-0.39, 0.29) is 36.1 Å². The number of piperidine rings is 1. The molecule has 8 heteroatoms. The van der Waals surface area contributed by atoms with Crippen LogP contribution >= 0.6 is 0 Å². The summed E-state index contributed by atoms with van der Waals surface area (Å²) in [5.41, 5.74) is 1.12. The van der Waals surface area contributed by atoms with Gasteiger partial charge in [-0.05, 0) is 49.8 Å². The molecule has 162 valence electrons. The highest BCUT2D eigenvalue weighted by Gasteiger charge is 2.46. The summed E-state index contributed by atoms with van der Waals surface area (Å²) in [6.07, 6.45) is 2.07. The maximum absolute atomic E-state index is 12.9. The molecule has 2 fully saturated rings. The molecule has 2 amide bonds. The van der Waals surface area contributed by atoms with Gasteiger partial charge < -0.3 is 24.4 Å². The normalized spacial score (nSPS) is 22.9. The molecule has 1 aromatic carbocycles. The summed E-state index contributed by atoms with van der Waals surface area (Å²) in [4.78, 5) is 38.4. The highest BCUT2D eigenvalue weighted by molar-refractivity contribution is 5.85. The van der Waals surface area contributed by atoms with Crippen LogP contribution in [0.3, 0.4) is 0 Å². The molecule has 2 aliphatic heterocycles. The van der Waals surface area contributed by atoms with E-state index in [1.807, 2.05) is 23.1 Å². The van der Waals surface area contributed by atoms with Crippen LogP contribution < -0.4 is 14.8 Å². The van der Waals surface area contributed by atoms with Crippen molar-refractivity contribution in [2.45, 2.75) is 32.1 Å². The van der Waals surface area contributed by atoms with Gasteiger partial charge in [-0.1, -0.05) is 6.07 Å². The summed E-state index contributed by atoms with van der Waals surface area (Å²) >= 11 is 0. The largest absolute Gasteiger partial charge is 0.486 e. The number of carbonyl (C=O) groups is 3. The molecule has 0 radical (unpaired) electrons. The van der Waals surface area contributed by atoms with Crippen molar-refractivity contribution in [3.63, 3.8) is 0 Å². The van der Waals surface area contributed by atoms with Gasteiger partial charge in [-0.2, -0.15) is 0 Å². The Morgan fingerprint density at radius 2 is 1.87 bits per heavy atom. The van der Waals surface area contributed by atoms with Gasteiger partial charge in [0.25, 0.3) is 0 Å². The fraction of sp³-hybridized carbons (Fsp3) is 0.591. The lowest BCUT2D eigenvalue weighted by Gasteiger charge is -2.31. The minimum Gasteiger partial charge on any atom is -0.486 e. The number of benzene rings is 1. The van der Waals surface area contributed by atoms with Crippen molar-refractivity contribution in [3.05, 3.63) is 23.8 Å². The second-order valence-electron chi connectivity index (χ2n) is 7.97. The first-order chi connectivity index (χ1) is 14.6. The van der Waals surface area contributed by atoms with E-state index in [1.54, 1.807) is 6.92 Å². The zero-order chi connectivity index (χ0) is 21.1. The fourth-order valence-corrected chi connectivity index (χ4v) is 4.24. The number of fused-ring (bicyclic) bond motifs is 1. The number of rotatable bonds is 6. The maximum Gasteiger partial charge on any atom is 0.325 e. The Hall–Kier alpha value is -2.77. The molecule has 3 aliphatic rings. The van der Waals surface area contributed by atoms with Crippen LogP contribution in [0.1, 0.15) is 37.7 Å². The lowest BCUT2D eigenvalue weighted by Crippen LogP contribution is -2.44. The standard InChI is InChI=1S/C22H28N2O6/c1-2-28-20(25)13-23-21(26)14-5-7-24(8-6-14)22(27)17-12-16(17)15-3-4-18-19(11-15)30-10-9-29-18/h3-4,11,14,16-17H,2,5-10,12-13H2,1H3,(H,23,26)/t16-,17+/m0/s1. The van der Waals surface area contributed by atoms with Crippen LogP contribution in [0.15, 0.2) is 18.2 Å². The molecule has 2 atom stereocenters. The van der Waals surface area contributed by atoms with Gasteiger partial charge in [0.1, 0.15) is 19.8 Å². The summed E-state index contributed by atoms with van der Waals surface area (Å²) in [5, 5.41) is 2.63. The Morgan fingerprint density at radius 1 is 1.13 bits per heavy atom. The molecule has 2 heterocycles. The third kappa shape index (κ3) is 4.52. The number of nitrogens with one attached hydrogen (secondary N) is 1. The summed E-state index contributed by atoms with van der Waals surface area (Å²) in [6.45, 7) is 4.17. The summed E-state index contributed by atoms with van der Waals surface area (Å²) in [7, 11) is 0. The van der Waals surface area contributed by atoms with Crippen LogP contribution in [0.2, 0.25) is 0 Å². The molecule has 1 N–H and O–H groups in total. The third-order valence-electron chi connectivity index (χ3n) is 5.99. The molecule has 30 heavy (non-hydrogen) atoms. The summed E-state index contributed by atoms with van der Waals surface area (Å²) < 4.78 is 16.0. The number of likely N-dealkylation sites (tertiary alicyclic amines) is 1. The predicted octanol–water partition coefficient (Wildman–Crippen LogP) is 1.48. The Morgan fingerprint density at radius 3 is 2.60 bits per heavy atom. The first-order valence-corrected chi connectivity index (χ1v) is 10.7. The Labute approximate surface area is 175 Å². The average molecular weight is 416 g/mol. The summed E-state index contributed by atoms with van der Waals surface area (Å²) in [5.74, 6) is 1.16. The highest BCUT2D eigenvalue weighted by atomic mass is 16.6. The molecule has 8 nitrogen and oxygen atoms in total. The molecule has 0 unspecified atom stereocenters. The van der Waals surface area contributed by atoms with E-state index in [1.165, 1.54) is 0 Å². The quantitative estimate of drug-likeness (QED) is 0.706.